The molecule has 146 valence electrons. The van der Waals surface area contributed by atoms with Crippen LogP contribution in [-0.4, -0.2) is 27.1 Å². The van der Waals surface area contributed by atoms with Gasteiger partial charge < -0.3 is 5.32 Å². The molecule has 0 saturated heterocycles. The average molecular weight is 400 g/mol. The van der Waals surface area contributed by atoms with Gasteiger partial charge in [0.25, 0.3) is 0 Å². The smallest absolute Gasteiger partial charge is 0.325 e. The van der Waals surface area contributed by atoms with Crippen molar-refractivity contribution in [2.75, 3.05) is 22.4 Å². The summed E-state index contributed by atoms with van der Waals surface area (Å²) in [6.07, 6.45) is -2.71. The van der Waals surface area contributed by atoms with Crippen molar-refractivity contribution in [2.24, 2.45) is 0 Å². The van der Waals surface area contributed by atoms with Gasteiger partial charge in [0.15, 0.2) is 0 Å². The quantitative estimate of drug-likeness (QED) is 0.805. The predicted molar refractivity (Wildman–Crippen MR) is 98.1 cm³/mol. The number of nitrogens with zero attached hydrogens (tertiary/aromatic N) is 1. The number of aryl methyl sites for hydroxylation is 1. The highest BCUT2D eigenvalue weighted by atomic mass is 32.2. The molecule has 0 unspecified atom stereocenters. The Morgan fingerprint density at radius 2 is 1.59 bits per heavy atom. The van der Waals surface area contributed by atoms with Gasteiger partial charge in [0.05, 0.1) is 17.5 Å². The van der Waals surface area contributed by atoms with Crippen molar-refractivity contribution in [3.05, 3.63) is 59.7 Å². The topological polar surface area (TPSA) is 66.5 Å². The van der Waals surface area contributed by atoms with E-state index in [1.165, 1.54) is 0 Å². The largest absolute Gasteiger partial charge is 0.416 e. The van der Waals surface area contributed by atoms with E-state index in [-0.39, 0.29) is 5.69 Å². The molecule has 0 aliphatic carbocycles. The molecule has 2 aromatic rings. The molecule has 0 radical (unpaired) electrons. The van der Waals surface area contributed by atoms with Gasteiger partial charge >= 0.3 is 6.18 Å². The van der Waals surface area contributed by atoms with Crippen LogP contribution >= 0.6 is 0 Å². The highest BCUT2D eigenvalue weighted by Crippen LogP contribution is 2.29. The summed E-state index contributed by atoms with van der Waals surface area (Å²) >= 11 is 0. The number of rotatable bonds is 6. The lowest BCUT2D eigenvalue weighted by Gasteiger charge is -2.22. The SMILES string of the molecule is CCc1ccc(N(CC(=O)Nc2ccc(C(F)(F)F)cc2)S(C)(=O)=O)cc1. The fourth-order valence-corrected chi connectivity index (χ4v) is 3.23. The summed E-state index contributed by atoms with van der Waals surface area (Å²) in [4.78, 5) is 12.2. The zero-order valence-electron chi connectivity index (χ0n) is 14.7. The zero-order chi connectivity index (χ0) is 20.2. The minimum Gasteiger partial charge on any atom is -0.325 e. The second-order valence-electron chi connectivity index (χ2n) is 5.91. The van der Waals surface area contributed by atoms with Crippen molar-refractivity contribution in [2.45, 2.75) is 19.5 Å². The van der Waals surface area contributed by atoms with Crippen molar-refractivity contribution in [1.82, 2.24) is 0 Å². The maximum atomic E-state index is 12.6. The van der Waals surface area contributed by atoms with E-state index in [0.717, 1.165) is 46.8 Å². The van der Waals surface area contributed by atoms with Crippen molar-refractivity contribution in [3.63, 3.8) is 0 Å². The summed E-state index contributed by atoms with van der Waals surface area (Å²) in [5.74, 6) is -0.667. The van der Waals surface area contributed by atoms with E-state index in [0.29, 0.717) is 5.69 Å². The first-order valence-electron chi connectivity index (χ1n) is 8.04. The fraction of sp³-hybridized carbons (Fsp3) is 0.278. The van der Waals surface area contributed by atoms with E-state index >= 15 is 0 Å². The molecule has 2 aromatic carbocycles. The second kappa shape index (κ2) is 7.99. The van der Waals surface area contributed by atoms with Crippen LogP contribution < -0.4 is 9.62 Å². The van der Waals surface area contributed by atoms with Gasteiger partial charge in [-0.2, -0.15) is 13.2 Å². The molecule has 1 amide bonds. The van der Waals surface area contributed by atoms with Crippen LogP contribution in [0.4, 0.5) is 24.5 Å². The number of sulfonamides is 1. The Hall–Kier alpha value is -2.55. The van der Waals surface area contributed by atoms with Gasteiger partial charge in [-0.1, -0.05) is 19.1 Å². The first-order valence-corrected chi connectivity index (χ1v) is 9.89. The molecule has 0 aromatic heterocycles. The monoisotopic (exact) mass is 400 g/mol. The van der Waals surface area contributed by atoms with E-state index in [4.69, 9.17) is 0 Å². The Bertz CT molecular complexity index is 893. The van der Waals surface area contributed by atoms with Gasteiger partial charge in [-0.05, 0) is 48.4 Å². The minimum absolute atomic E-state index is 0.141. The number of halogens is 3. The molecule has 5 nitrogen and oxygen atoms in total. The number of amides is 1. The molecule has 1 N–H and O–H groups in total. The van der Waals surface area contributed by atoms with E-state index in [1.54, 1.807) is 24.3 Å². The first-order chi connectivity index (χ1) is 12.5. The third-order valence-electron chi connectivity index (χ3n) is 3.82. The summed E-state index contributed by atoms with van der Waals surface area (Å²) in [6.45, 7) is 1.46. The third-order valence-corrected chi connectivity index (χ3v) is 4.96. The fourth-order valence-electron chi connectivity index (χ4n) is 2.37. The Morgan fingerprint density at radius 3 is 2.04 bits per heavy atom. The lowest BCUT2D eigenvalue weighted by Crippen LogP contribution is -2.37. The molecular weight excluding hydrogens is 381 g/mol. The number of carbonyl (C=O) groups excluding carboxylic acids is 1. The lowest BCUT2D eigenvalue weighted by atomic mass is 10.1. The van der Waals surface area contributed by atoms with Crippen LogP contribution in [0.2, 0.25) is 0 Å². The molecule has 2 rings (SSSR count). The van der Waals surface area contributed by atoms with E-state index in [1.807, 2.05) is 6.92 Å². The van der Waals surface area contributed by atoms with E-state index in [2.05, 4.69) is 5.32 Å². The van der Waals surface area contributed by atoms with E-state index in [9.17, 15) is 26.4 Å². The van der Waals surface area contributed by atoms with Crippen LogP contribution in [0.15, 0.2) is 48.5 Å². The molecule has 0 fully saturated rings. The summed E-state index contributed by atoms with van der Waals surface area (Å²) in [6, 6.07) is 10.6. The lowest BCUT2D eigenvalue weighted by molar-refractivity contribution is -0.137. The maximum Gasteiger partial charge on any atom is 0.416 e. The average Bonchev–Trinajstić information content (AvgIpc) is 2.58. The van der Waals surface area contributed by atoms with Crippen LogP contribution in [0.25, 0.3) is 0 Å². The van der Waals surface area contributed by atoms with Crippen LogP contribution in [0.5, 0.6) is 0 Å². The molecule has 0 spiro atoms. The number of carbonyl (C=O) groups is 1. The molecule has 0 aliphatic rings. The standard InChI is InChI=1S/C18H19F3N2O3S/c1-3-13-4-10-16(11-5-13)23(27(2,25)26)12-17(24)22-15-8-6-14(7-9-15)18(19,20)21/h4-11H,3,12H2,1-2H3,(H,22,24). The number of alkyl halides is 3. The molecule has 0 saturated carbocycles. The number of nitrogens with one attached hydrogen (secondary N) is 1. The Balaban J connectivity index is 2.14. The van der Waals surface area contributed by atoms with Gasteiger partial charge in [0.1, 0.15) is 6.54 Å². The Labute approximate surface area is 155 Å². The van der Waals surface area contributed by atoms with Crippen molar-refractivity contribution in [3.8, 4) is 0 Å². The minimum atomic E-state index is -4.47. The number of benzene rings is 2. The van der Waals surface area contributed by atoms with Crippen LogP contribution in [-0.2, 0) is 27.4 Å². The summed E-state index contributed by atoms with van der Waals surface area (Å²) in [5, 5.41) is 2.40. The van der Waals surface area contributed by atoms with Crippen molar-refractivity contribution < 1.29 is 26.4 Å². The van der Waals surface area contributed by atoms with Gasteiger partial charge in [-0.25, -0.2) is 8.42 Å². The van der Waals surface area contributed by atoms with E-state index < -0.39 is 34.2 Å². The highest BCUT2D eigenvalue weighted by molar-refractivity contribution is 7.92. The van der Waals surface area contributed by atoms with Crippen molar-refractivity contribution >= 4 is 27.3 Å². The van der Waals surface area contributed by atoms with Crippen LogP contribution in [0.1, 0.15) is 18.1 Å². The van der Waals surface area contributed by atoms with Crippen LogP contribution in [0.3, 0.4) is 0 Å². The summed E-state index contributed by atoms with van der Waals surface area (Å²) in [7, 11) is -3.73. The summed E-state index contributed by atoms with van der Waals surface area (Å²) in [5.41, 5.74) is 0.649. The summed E-state index contributed by atoms with van der Waals surface area (Å²) < 4.78 is 62.7. The predicted octanol–water partition coefficient (Wildman–Crippen LogP) is 3.67. The number of anilines is 2. The molecule has 27 heavy (non-hydrogen) atoms. The molecule has 0 atom stereocenters. The zero-order valence-corrected chi connectivity index (χ0v) is 15.6. The molecule has 9 heteroatoms. The van der Waals surface area contributed by atoms with Gasteiger partial charge in [0, 0.05) is 5.69 Å². The molecule has 0 heterocycles. The molecule has 0 bridgehead atoms. The Morgan fingerprint density at radius 1 is 1.04 bits per heavy atom. The van der Waals surface area contributed by atoms with Gasteiger partial charge in [-0.15, -0.1) is 0 Å². The Kier molecular flexibility index (Phi) is 6.15. The molecule has 0 aliphatic heterocycles. The third kappa shape index (κ3) is 5.72. The number of hydrogen-bond donors (Lipinski definition) is 1. The second-order valence-corrected chi connectivity index (χ2v) is 7.82. The number of hydrogen-bond acceptors (Lipinski definition) is 3. The van der Waals surface area contributed by atoms with Crippen LogP contribution in [0, 0.1) is 0 Å². The first kappa shape index (κ1) is 20.8. The van der Waals surface area contributed by atoms with Crippen molar-refractivity contribution in [1.29, 1.82) is 0 Å². The van der Waals surface area contributed by atoms with Gasteiger partial charge in [0.2, 0.25) is 15.9 Å². The van der Waals surface area contributed by atoms with Gasteiger partial charge in [-0.3, -0.25) is 9.10 Å². The normalized spacial score (nSPS) is 11.9. The highest BCUT2D eigenvalue weighted by Gasteiger charge is 2.30. The maximum absolute atomic E-state index is 12.6. The molecular formula is C18H19F3N2O3S.